The molecular formula is C14H20BrNO. The molecule has 1 saturated heterocycles. The highest BCUT2D eigenvalue weighted by Gasteiger charge is 2.30. The number of benzene rings is 1. The third-order valence-electron chi connectivity index (χ3n) is 3.72. The van der Waals surface area contributed by atoms with Crippen LogP contribution in [0.3, 0.4) is 0 Å². The van der Waals surface area contributed by atoms with E-state index in [1.54, 1.807) is 7.11 Å². The van der Waals surface area contributed by atoms with E-state index in [0.29, 0.717) is 6.04 Å². The Morgan fingerprint density at radius 1 is 1.41 bits per heavy atom. The summed E-state index contributed by atoms with van der Waals surface area (Å²) in [6.07, 6.45) is 1.30. The maximum Gasteiger partial charge on any atom is 0.123 e. The van der Waals surface area contributed by atoms with Crippen molar-refractivity contribution >= 4 is 15.9 Å². The Balaban J connectivity index is 2.10. The second-order valence-corrected chi connectivity index (χ2v) is 5.42. The second-order valence-electron chi connectivity index (χ2n) is 4.77. The Labute approximate surface area is 112 Å². The van der Waals surface area contributed by atoms with E-state index in [4.69, 9.17) is 4.74 Å². The molecule has 0 radical (unpaired) electrons. The molecule has 0 amide bonds. The predicted octanol–water partition coefficient (Wildman–Crippen LogP) is 3.30. The summed E-state index contributed by atoms with van der Waals surface area (Å²) in [7, 11) is 1.74. The Kier molecular flexibility index (Phi) is 4.46. The fraction of sp³-hybridized carbons (Fsp3) is 0.571. The van der Waals surface area contributed by atoms with Gasteiger partial charge in [-0.3, -0.25) is 4.90 Å². The summed E-state index contributed by atoms with van der Waals surface area (Å²) >= 11 is 3.63. The van der Waals surface area contributed by atoms with Crippen molar-refractivity contribution in [1.82, 2.24) is 4.90 Å². The number of hydrogen-bond donors (Lipinski definition) is 0. The molecule has 1 aliphatic rings. The fourth-order valence-corrected chi connectivity index (χ4v) is 3.63. The SMILES string of the molecule is COc1ccccc1CN1CCC(C)C1CBr. The van der Waals surface area contributed by atoms with Crippen LogP contribution >= 0.6 is 15.9 Å². The molecule has 0 N–H and O–H groups in total. The Hall–Kier alpha value is -0.540. The van der Waals surface area contributed by atoms with Gasteiger partial charge in [0, 0.05) is 23.5 Å². The first-order valence-electron chi connectivity index (χ1n) is 6.18. The molecule has 0 spiro atoms. The van der Waals surface area contributed by atoms with Crippen LogP contribution < -0.4 is 4.74 Å². The van der Waals surface area contributed by atoms with Gasteiger partial charge in [0.05, 0.1) is 7.11 Å². The van der Waals surface area contributed by atoms with Crippen molar-refractivity contribution < 1.29 is 4.74 Å². The summed E-state index contributed by atoms with van der Waals surface area (Å²) in [6.45, 7) is 4.52. The quantitative estimate of drug-likeness (QED) is 0.791. The monoisotopic (exact) mass is 297 g/mol. The van der Waals surface area contributed by atoms with Crippen LogP contribution in [0.5, 0.6) is 5.75 Å². The number of ether oxygens (including phenoxy) is 1. The molecule has 3 heteroatoms. The molecule has 1 aromatic carbocycles. The maximum absolute atomic E-state index is 5.41. The Morgan fingerprint density at radius 2 is 2.18 bits per heavy atom. The third-order valence-corrected chi connectivity index (χ3v) is 4.38. The molecule has 0 saturated carbocycles. The number of likely N-dealkylation sites (tertiary alicyclic amines) is 1. The van der Waals surface area contributed by atoms with Crippen molar-refractivity contribution in [3.63, 3.8) is 0 Å². The maximum atomic E-state index is 5.41. The van der Waals surface area contributed by atoms with Crippen molar-refractivity contribution in [2.75, 3.05) is 19.0 Å². The molecule has 94 valence electrons. The van der Waals surface area contributed by atoms with Crippen molar-refractivity contribution in [3.8, 4) is 5.75 Å². The average molecular weight is 298 g/mol. The largest absolute Gasteiger partial charge is 0.496 e. The Morgan fingerprint density at radius 3 is 2.88 bits per heavy atom. The normalized spacial score (nSPS) is 25.1. The van der Waals surface area contributed by atoms with Gasteiger partial charge in [-0.1, -0.05) is 41.1 Å². The molecule has 2 atom stereocenters. The van der Waals surface area contributed by atoms with Crippen LogP contribution in [-0.2, 0) is 6.54 Å². The van der Waals surface area contributed by atoms with E-state index in [0.717, 1.165) is 23.5 Å². The van der Waals surface area contributed by atoms with Gasteiger partial charge in [-0.2, -0.15) is 0 Å². The zero-order valence-corrected chi connectivity index (χ0v) is 12.1. The van der Waals surface area contributed by atoms with Crippen LogP contribution in [0.1, 0.15) is 18.9 Å². The number of nitrogens with zero attached hydrogens (tertiary/aromatic N) is 1. The minimum Gasteiger partial charge on any atom is -0.496 e. The number of hydrogen-bond acceptors (Lipinski definition) is 2. The lowest BCUT2D eigenvalue weighted by atomic mass is 10.0. The summed E-state index contributed by atoms with van der Waals surface area (Å²) < 4.78 is 5.41. The lowest BCUT2D eigenvalue weighted by Crippen LogP contribution is -2.33. The molecule has 0 aromatic heterocycles. The second kappa shape index (κ2) is 5.87. The van der Waals surface area contributed by atoms with E-state index in [2.05, 4.69) is 39.9 Å². The van der Waals surface area contributed by atoms with Crippen molar-refractivity contribution in [1.29, 1.82) is 0 Å². The zero-order valence-electron chi connectivity index (χ0n) is 10.5. The molecular weight excluding hydrogens is 278 g/mol. The van der Waals surface area contributed by atoms with E-state index >= 15 is 0 Å². The number of para-hydroxylation sites is 1. The molecule has 2 nitrogen and oxygen atoms in total. The van der Waals surface area contributed by atoms with E-state index in [-0.39, 0.29) is 0 Å². The van der Waals surface area contributed by atoms with Crippen LogP contribution in [0.25, 0.3) is 0 Å². The molecule has 0 bridgehead atoms. The number of rotatable bonds is 4. The van der Waals surface area contributed by atoms with Crippen LogP contribution in [0.4, 0.5) is 0 Å². The average Bonchev–Trinajstić information content (AvgIpc) is 2.70. The van der Waals surface area contributed by atoms with Crippen molar-refractivity contribution in [2.45, 2.75) is 25.9 Å². The van der Waals surface area contributed by atoms with E-state index < -0.39 is 0 Å². The van der Waals surface area contributed by atoms with Crippen molar-refractivity contribution in [2.24, 2.45) is 5.92 Å². The molecule has 17 heavy (non-hydrogen) atoms. The minimum atomic E-state index is 0.653. The van der Waals surface area contributed by atoms with Crippen LogP contribution in [-0.4, -0.2) is 29.9 Å². The highest BCUT2D eigenvalue weighted by atomic mass is 79.9. The van der Waals surface area contributed by atoms with Gasteiger partial charge in [0.25, 0.3) is 0 Å². The number of halogens is 1. The molecule has 1 aromatic rings. The molecule has 1 fully saturated rings. The van der Waals surface area contributed by atoms with Crippen LogP contribution in [0.15, 0.2) is 24.3 Å². The third kappa shape index (κ3) is 2.83. The summed E-state index contributed by atoms with van der Waals surface area (Å²) in [6, 6.07) is 8.96. The highest BCUT2D eigenvalue weighted by Crippen LogP contribution is 2.29. The highest BCUT2D eigenvalue weighted by molar-refractivity contribution is 9.09. The van der Waals surface area contributed by atoms with Gasteiger partial charge < -0.3 is 4.74 Å². The molecule has 2 rings (SSSR count). The number of alkyl halides is 1. The van der Waals surface area contributed by atoms with Crippen LogP contribution in [0, 0.1) is 5.92 Å². The van der Waals surface area contributed by atoms with Crippen LogP contribution in [0.2, 0.25) is 0 Å². The van der Waals surface area contributed by atoms with E-state index in [1.165, 1.54) is 18.5 Å². The standard InChI is InChI=1S/C14H20BrNO/c1-11-7-8-16(13(11)9-15)10-12-5-3-4-6-14(12)17-2/h3-6,11,13H,7-10H2,1-2H3. The zero-order chi connectivity index (χ0) is 12.3. The first-order valence-corrected chi connectivity index (χ1v) is 7.30. The minimum absolute atomic E-state index is 0.653. The molecule has 2 unspecified atom stereocenters. The van der Waals surface area contributed by atoms with Gasteiger partial charge in [-0.25, -0.2) is 0 Å². The van der Waals surface area contributed by atoms with Gasteiger partial charge in [-0.15, -0.1) is 0 Å². The summed E-state index contributed by atoms with van der Waals surface area (Å²) in [5.41, 5.74) is 1.29. The summed E-state index contributed by atoms with van der Waals surface area (Å²) in [4.78, 5) is 2.55. The van der Waals surface area contributed by atoms with Gasteiger partial charge >= 0.3 is 0 Å². The predicted molar refractivity (Wildman–Crippen MR) is 74.8 cm³/mol. The summed E-state index contributed by atoms with van der Waals surface area (Å²) in [5.74, 6) is 1.78. The van der Waals surface area contributed by atoms with Gasteiger partial charge in [-0.05, 0) is 24.9 Å². The van der Waals surface area contributed by atoms with Crippen molar-refractivity contribution in [3.05, 3.63) is 29.8 Å². The fourth-order valence-electron chi connectivity index (χ4n) is 2.59. The van der Waals surface area contributed by atoms with Gasteiger partial charge in [0.1, 0.15) is 5.75 Å². The topological polar surface area (TPSA) is 12.5 Å². The van der Waals surface area contributed by atoms with E-state index in [1.807, 2.05) is 12.1 Å². The molecule has 0 aliphatic carbocycles. The van der Waals surface area contributed by atoms with E-state index in [9.17, 15) is 0 Å². The molecule has 1 heterocycles. The smallest absolute Gasteiger partial charge is 0.123 e. The lowest BCUT2D eigenvalue weighted by Gasteiger charge is -2.25. The first-order chi connectivity index (χ1) is 8.26. The summed E-state index contributed by atoms with van der Waals surface area (Å²) in [5, 5.41) is 1.06. The molecule has 1 aliphatic heterocycles. The Bertz CT molecular complexity index is 369. The van der Waals surface area contributed by atoms with Gasteiger partial charge in [0.15, 0.2) is 0 Å². The first kappa shape index (κ1) is 12.9. The van der Waals surface area contributed by atoms with Gasteiger partial charge in [0.2, 0.25) is 0 Å². The number of methoxy groups -OCH3 is 1. The lowest BCUT2D eigenvalue weighted by molar-refractivity contribution is 0.240.